The Bertz CT molecular complexity index is 981. The molecule has 1 aromatic heterocycles. The van der Waals surface area contributed by atoms with Crippen molar-refractivity contribution in [1.82, 2.24) is 4.90 Å². The molecule has 29 heavy (non-hydrogen) atoms. The van der Waals surface area contributed by atoms with Gasteiger partial charge in [-0.15, -0.1) is 0 Å². The molecule has 0 unspecified atom stereocenters. The number of carbonyl (C=O) groups is 2. The van der Waals surface area contributed by atoms with Crippen molar-refractivity contribution in [2.75, 3.05) is 11.9 Å². The van der Waals surface area contributed by atoms with E-state index in [4.69, 9.17) is 4.42 Å². The van der Waals surface area contributed by atoms with Crippen molar-refractivity contribution in [3.8, 4) is 0 Å². The molecule has 5 nitrogen and oxygen atoms in total. The molecule has 3 aromatic rings. The van der Waals surface area contributed by atoms with Crippen LogP contribution in [0.1, 0.15) is 33.9 Å². The molecule has 0 atom stereocenters. The number of halogens is 1. The third-order valence-electron chi connectivity index (χ3n) is 4.51. The Morgan fingerprint density at radius 3 is 2.34 bits per heavy atom. The Morgan fingerprint density at radius 1 is 1.03 bits per heavy atom. The van der Waals surface area contributed by atoms with Gasteiger partial charge in [-0.25, -0.2) is 4.39 Å². The Hall–Kier alpha value is -3.41. The van der Waals surface area contributed by atoms with Gasteiger partial charge in [0, 0.05) is 25.2 Å². The van der Waals surface area contributed by atoms with Crippen LogP contribution in [-0.4, -0.2) is 23.3 Å². The molecule has 0 aliphatic carbocycles. The minimum absolute atomic E-state index is 0.117. The van der Waals surface area contributed by atoms with Crippen molar-refractivity contribution in [3.05, 3.63) is 89.1 Å². The maximum absolute atomic E-state index is 13.1. The molecule has 0 fully saturated rings. The zero-order chi connectivity index (χ0) is 20.8. The van der Waals surface area contributed by atoms with Gasteiger partial charge in [-0.1, -0.05) is 30.3 Å². The standard InChI is InChI=1S/C23H23FN2O3/c1-16-14-21(17(2)29-16)23(28)26(15-18-6-4-3-5-7-18)13-12-22(27)25-20-10-8-19(24)9-11-20/h3-11,14H,12-13,15H2,1-2H3,(H,25,27). The van der Waals surface area contributed by atoms with Crippen molar-refractivity contribution < 1.29 is 18.4 Å². The summed E-state index contributed by atoms with van der Waals surface area (Å²) < 4.78 is 18.5. The van der Waals surface area contributed by atoms with Crippen LogP contribution in [0.15, 0.2) is 65.1 Å². The van der Waals surface area contributed by atoms with E-state index in [1.807, 2.05) is 30.3 Å². The fourth-order valence-corrected chi connectivity index (χ4v) is 3.06. The third-order valence-corrected chi connectivity index (χ3v) is 4.51. The number of nitrogens with zero attached hydrogens (tertiary/aromatic N) is 1. The maximum Gasteiger partial charge on any atom is 0.257 e. The highest BCUT2D eigenvalue weighted by Gasteiger charge is 2.21. The summed E-state index contributed by atoms with van der Waals surface area (Å²) in [5.74, 6) is 0.426. The van der Waals surface area contributed by atoms with Crippen molar-refractivity contribution in [3.63, 3.8) is 0 Å². The van der Waals surface area contributed by atoms with Gasteiger partial charge < -0.3 is 14.6 Å². The van der Waals surface area contributed by atoms with Gasteiger partial charge in [-0.2, -0.15) is 0 Å². The van der Waals surface area contributed by atoms with E-state index in [1.165, 1.54) is 24.3 Å². The number of benzene rings is 2. The number of rotatable bonds is 7. The van der Waals surface area contributed by atoms with E-state index in [-0.39, 0.29) is 30.6 Å². The van der Waals surface area contributed by atoms with Crippen LogP contribution in [0, 0.1) is 19.7 Å². The predicted molar refractivity (Wildman–Crippen MR) is 109 cm³/mol. The largest absolute Gasteiger partial charge is 0.466 e. The minimum Gasteiger partial charge on any atom is -0.466 e. The van der Waals surface area contributed by atoms with Crippen molar-refractivity contribution in [2.45, 2.75) is 26.8 Å². The predicted octanol–water partition coefficient (Wildman–Crippen LogP) is 4.71. The highest BCUT2D eigenvalue weighted by molar-refractivity contribution is 5.96. The topological polar surface area (TPSA) is 62.6 Å². The molecule has 150 valence electrons. The number of nitrogens with one attached hydrogen (secondary N) is 1. The Labute approximate surface area is 169 Å². The molecule has 1 heterocycles. The van der Waals surface area contributed by atoms with Crippen LogP contribution in [-0.2, 0) is 11.3 Å². The quantitative estimate of drug-likeness (QED) is 0.631. The number of aryl methyl sites for hydroxylation is 2. The van der Waals surface area contributed by atoms with E-state index in [0.29, 0.717) is 29.3 Å². The first-order chi connectivity index (χ1) is 13.9. The molecule has 0 bridgehead atoms. The summed E-state index contributed by atoms with van der Waals surface area (Å²) >= 11 is 0. The van der Waals surface area contributed by atoms with E-state index in [9.17, 15) is 14.0 Å². The lowest BCUT2D eigenvalue weighted by Crippen LogP contribution is -2.33. The smallest absolute Gasteiger partial charge is 0.257 e. The van der Waals surface area contributed by atoms with E-state index >= 15 is 0 Å². The zero-order valence-electron chi connectivity index (χ0n) is 16.4. The van der Waals surface area contributed by atoms with Gasteiger partial charge in [0.25, 0.3) is 5.91 Å². The van der Waals surface area contributed by atoms with Crippen LogP contribution in [0.3, 0.4) is 0 Å². The molecule has 2 amide bonds. The third kappa shape index (κ3) is 5.54. The van der Waals surface area contributed by atoms with E-state index in [1.54, 1.807) is 24.8 Å². The van der Waals surface area contributed by atoms with Gasteiger partial charge in [0.2, 0.25) is 5.91 Å². The number of carbonyl (C=O) groups excluding carboxylic acids is 2. The molecule has 0 radical (unpaired) electrons. The molecule has 0 aliphatic heterocycles. The molecule has 1 N–H and O–H groups in total. The maximum atomic E-state index is 13.1. The lowest BCUT2D eigenvalue weighted by atomic mass is 10.1. The highest BCUT2D eigenvalue weighted by Crippen LogP contribution is 2.18. The zero-order valence-corrected chi connectivity index (χ0v) is 16.4. The molecular weight excluding hydrogens is 371 g/mol. The summed E-state index contributed by atoms with van der Waals surface area (Å²) in [7, 11) is 0. The summed E-state index contributed by atoms with van der Waals surface area (Å²) in [5, 5.41) is 2.72. The second-order valence-corrected chi connectivity index (χ2v) is 6.84. The molecule has 6 heteroatoms. The lowest BCUT2D eigenvalue weighted by molar-refractivity contribution is -0.116. The number of anilines is 1. The minimum atomic E-state index is -0.367. The van der Waals surface area contributed by atoms with Crippen LogP contribution in [0.4, 0.5) is 10.1 Å². The second-order valence-electron chi connectivity index (χ2n) is 6.84. The summed E-state index contributed by atoms with van der Waals surface area (Å²) in [6.45, 7) is 4.17. The van der Waals surface area contributed by atoms with E-state index in [0.717, 1.165) is 5.56 Å². The van der Waals surface area contributed by atoms with Crippen LogP contribution < -0.4 is 5.32 Å². The molecule has 0 aliphatic rings. The molecule has 0 spiro atoms. The summed E-state index contributed by atoms with van der Waals surface area (Å²) in [6.07, 6.45) is 0.117. The van der Waals surface area contributed by atoms with Crippen LogP contribution in [0.2, 0.25) is 0 Å². The Morgan fingerprint density at radius 2 is 1.72 bits per heavy atom. The first kappa shape index (κ1) is 20.3. The van der Waals surface area contributed by atoms with Crippen molar-refractivity contribution >= 4 is 17.5 Å². The SMILES string of the molecule is Cc1cc(C(=O)N(CCC(=O)Nc2ccc(F)cc2)Cc2ccccc2)c(C)o1. The van der Waals surface area contributed by atoms with E-state index < -0.39 is 0 Å². The van der Waals surface area contributed by atoms with Crippen LogP contribution in [0.5, 0.6) is 0 Å². The Balaban J connectivity index is 1.70. The molecule has 0 saturated carbocycles. The fraction of sp³-hybridized carbons (Fsp3) is 0.217. The van der Waals surface area contributed by atoms with Gasteiger partial charge in [-0.3, -0.25) is 9.59 Å². The number of amides is 2. The average Bonchev–Trinajstić information content (AvgIpc) is 3.05. The molecule has 0 saturated heterocycles. The number of hydrogen-bond donors (Lipinski definition) is 1. The Kier molecular flexibility index (Phi) is 6.44. The van der Waals surface area contributed by atoms with Gasteiger partial charge in [0.1, 0.15) is 17.3 Å². The molecule has 2 aromatic carbocycles. The number of furan rings is 1. The summed E-state index contributed by atoms with van der Waals surface area (Å²) in [6, 6.07) is 16.9. The van der Waals surface area contributed by atoms with E-state index in [2.05, 4.69) is 5.32 Å². The second kappa shape index (κ2) is 9.19. The molecular formula is C23H23FN2O3. The van der Waals surface area contributed by atoms with Crippen LogP contribution in [0.25, 0.3) is 0 Å². The molecule has 3 rings (SSSR count). The first-order valence-electron chi connectivity index (χ1n) is 9.38. The average molecular weight is 394 g/mol. The summed E-state index contributed by atoms with van der Waals surface area (Å²) in [5.41, 5.74) is 1.98. The van der Waals surface area contributed by atoms with Gasteiger partial charge >= 0.3 is 0 Å². The normalized spacial score (nSPS) is 10.6. The number of hydrogen-bond acceptors (Lipinski definition) is 3. The highest BCUT2D eigenvalue weighted by atomic mass is 19.1. The summed E-state index contributed by atoms with van der Waals surface area (Å²) in [4.78, 5) is 27.0. The monoisotopic (exact) mass is 394 g/mol. The lowest BCUT2D eigenvalue weighted by Gasteiger charge is -2.22. The first-order valence-corrected chi connectivity index (χ1v) is 9.38. The van der Waals surface area contributed by atoms with Crippen molar-refractivity contribution in [2.24, 2.45) is 0 Å². The van der Waals surface area contributed by atoms with Gasteiger partial charge in [0.05, 0.1) is 5.56 Å². The van der Waals surface area contributed by atoms with Crippen LogP contribution >= 0.6 is 0 Å². The van der Waals surface area contributed by atoms with Gasteiger partial charge in [0.15, 0.2) is 0 Å². The van der Waals surface area contributed by atoms with Crippen molar-refractivity contribution in [1.29, 1.82) is 0 Å². The van der Waals surface area contributed by atoms with Gasteiger partial charge in [-0.05, 0) is 49.7 Å². The fourth-order valence-electron chi connectivity index (χ4n) is 3.06.